The van der Waals surface area contributed by atoms with Crippen molar-refractivity contribution in [3.05, 3.63) is 59.1 Å². The number of nitrogens with zero attached hydrogens (tertiary/aromatic N) is 3. The van der Waals surface area contributed by atoms with E-state index in [1.807, 2.05) is 19.1 Å². The zero-order valence-electron chi connectivity index (χ0n) is 19.4. The van der Waals surface area contributed by atoms with Gasteiger partial charge in [0.25, 0.3) is 0 Å². The summed E-state index contributed by atoms with van der Waals surface area (Å²) in [4.78, 5) is 28.5. The first-order chi connectivity index (χ1) is 15.4. The smallest absolute Gasteiger partial charge is 0.248 e. The molecule has 1 heterocycles. The largest absolute Gasteiger partial charge is 0.314 e. The average Bonchev–Trinajstić information content (AvgIpc) is 3.15. The maximum atomic E-state index is 13.3. The highest BCUT2D eigenvalue weighted by Gasteiger charge is 2.34. The van der Waals surface area contributed by atoms with Gasteiger partial charge in [0, 0.05) is 17.3 Å². The first-order valence-corrected chi connectivity index (χ1v) is 12.7. The van der Waals surface area contributed by atoms with Crippen molar-refractivity contribution in [2.75, 3.05) is 31.2 Å². The second kappa shape index (κ2) is 9.83. The summed E-state index contributed by atoms with van der Waals surface area (Å²) < 4.78 is 27.8. The van der Waals surface area contributed by atoms with Crippen molar-refractivity contribution in [3.8, 4) is 0 Å². The quantitative estimate of drug-likeness (QED) is 0.589. The molecule has 1 fully saturated rings. The fraction of sp³-hybridized carbons (Fsp3) is 0.417. The summed E-state index contributed by atoms with van der Waals surface area (Å²) in [5, 5.41) is 0.550. The molecule has 1 aliphatic heterocycles. The molecule has 0 spiro atoms. The number of hydrogen-bond acceptors (Lipinski definition) is 4. The fourth-order valence-electron chi connectivity index (χ4n) is 3.62. The summed E-state index contributed by atoms with van der Waals surface area (Å²) in [6, 6.07) is 13.6. The number of hydrogen-bond donors (Lipinski definition) is 0. The summed E-state index contributed by atoms with van der Waals surface area (Å²) in [7, 11) is -3.86. The molecule has 9 heteroatoms. The van der Waals surface area contributed by atoms with E-state index < -0.39 is 15.9 Å². The second-order valence-corrected chi connectivity index (χ2v) is 11.5. The molecule has 0 saturated carbocycles. The van der Waals surface area contributed by atoms with E-state index in [4.69, 9.17) is 11.6 Å². The maximum absolute atomic E-state index is 13.3. The minimum atomic E-state index is -3.86. The van der Waals surface area contributed by atoms with Crippen LogP contribution in [0.2, 0.25) is 5.02 Å². The molecule has 2 aromatic carbocycles. The molecule has 0 unspecified atom stereocenters. The van der Waals surface area contributed by atoms with Gasteiger partial charge in [-0.3, -0.25) is 14.5 Å². The van der Waals surface area contributed by atoms with Crippen LogP contribution < -0.4 is 4.90 Å². The molecule has 1 saturated heterocycles. The van der Waals surface area contributed by atoms with Crippen LogP contribution in [0, 0.1) is 0 Å². The first-order valence-electron chi connectivity index (χ1n) is 10.9. The minimum Gasteiger partial charge on any atom is -0.314 e. The van der Waals surface area contributed by atoms with E-state index in [9.17, 15) is 18.0 Å². The molecule has 3 rings (SSSR count). The van der Waals surface area contributed by atoms with Crippen LogP contribution in [0.1, 0.15) is 39.7 Å². The van der Waals surface area contributed by atoms with E-state index in [-0.39, 0.29) is 42.5 Å². The van der Waals surface area contributed by atoms with Crippen LogP contribution in [-0.4, -0.2) is 55.7 Å². The Morgan fingerprint density at radius 3 is 2.21 bits per heavy atom. The molecule has 0 atom stereocenters. The van der Waals surface area contributed by atoms with Crippen LogP contribution in [-0.2, 0) is 25.0 Å². The van der Waals surface area contributed by atoms with Gasteiger partial charge in [-0.15, -0.1) is 0 Å². The Bertz CT molecular complexity index is 1110. The lowest BCUT2D eigenvalue weighted by Gasteiger charge is -2.25. The van der Waals surface area contributed by atoms with E-state index >= 15 is 0 Å². The SMILES string of the molecule is CCCN(CC(=O)N1CC(=O)N(c2ccc(Cl)cc2)C1)S(=O)(=O)c1ccc(C(C)(C)C)cc1. The van der Waals surface area contributed by atoms with Crippen molar-refractivity contribution in [2.45, 2.75) is 44.4 Å². The lowest BCUT2D eigenvalue weighted by Crippen LogP contribution is -2.43. The van der Waals surface area contributed by atoms with Gasteiger partial charge < -0.3 is 4.90 Å². The van der Waals surface area contributed by atoms with Crippen molar-refractivity contribution in [1.29, 1.82) is 0 Å². The van der Waals surface area contributed by atoms with E-state index in [1.54, 1.807) is 36.4 Å². The number of halogens is 1. The molecule has 0 N–H and O–H groups in total. The Hall–Kier alpha value is -2.42. The lowest BCUT2D eigenvalue weighted by atomic mass is 9.87. The van der Waals surface area contributed by atoms with Gasteiger partial charge in [0.05, 0.1) is 11.4 Å². The summed E-state index contributed by atoms with van der Waals surface area (Å²) in [5.41, 5.74) is 1.56. The van der Waals surface area contributed by atoms with Crippen LogP contribution in [0.4, 0.5) is 5.69 Å². The number of amides is 2. The molecule has 0 aliphatic carbocycles. The molecular weight excluding hydrogens is 462 g/mol. The molecule has 178 valence electrons. The van der Waals surface area contributed by atoms with E-state index in [0.29, 0.717) is 17.1 Å². The van der Waals surface area contributed by atoms with Crippen LogP contribution in [0.3, 0.4) is 0 Å². The molecule has 0 bridgehead atoms. The number of rotatable bonds is 7. The Balaban J connectivity index is 1.75. The molecule has 7 nitrogen and oxygen atoms in total. The Morgan fingerprint density at radius 1 is 1.06 bits per heavy atom. The van der Waals surface area contributed by atoms with Gasteiger partial charge >= 0.3 is 0 Å². The number of carbonyl (C=O) groups is 2. The van der Waals surface area contributed by atoms with Gasteiger partial charge in [-0.2, -0.15) is 4.31 Å². The van der Waals surface area contributed by atoms with Crippen LogP contribution in [0.15, 0.2) is 53.4 Å². The summed E-state index contributed by atoms with van der Waals surface area (Å²) in [5.74, 6) is -0.642. The van der Waals surface area contributed by atoms with Crippen molar-refractivity contribution in [2.24, 2.45) is 0 Å². The molecule has 1 aliphatic rings. The molecule has 33 heavy (non-hydrogen) atoms. The summed E-state index contributed by atoms with van der Waals surface area (Å²) in [6.45, 7) is 7.89. The van der Waals surface area contributed by atoms with Gasteiger partial charge in [0.2, 0.25) is 21.8 Å². The lowest BCUT2D eigenvalue weighted by molar-refractivity contribution is -0.131. The number of benzene rings is 2. The Labute approximate surface area is 201 Å². The number of sulfonamides is 1. The third kappa shape index (κ3) is 5.75. The third-order valence-corrected chi connectivity index (χ3v) is 7.68. The van der Waals surface area contributed by atoms with Crippen LogP contribution in [0.25, 0.3) is 0 Å². The Kier molecular flexibility index (Phi) is 7.51. The van der Waals surface area contributed by atoms with Gasteiger partial charge in [0.15, 0.2) is 0 Å². The highest BCUT2D eigenvalue weighted by Crippen LogP contribution is 2.25. The standard InChI is InChI=1S/C24H30ClN3O4S/c1-5-14-27(33(31,32)21-12-6-18(7-13-21)24(2,3)4)16-22(29)26-15-23(30)28(17-26)20-10-8-19(25)9-11-20/h6-13H,5,14-17H2,1-4H3. The molecule has 0 aromatic heterocycles. The highest BCUT2D eigenvalue weighted by atomic mass is 35.5. The predicted octanol–water partition coefficient (Wildman–Crippen LogP) is 3.87. The van der Waals surface area contributed by atoms with Crippen LogP contribution >= 0.6 is 11.6 Å². The summed E-state index contributed by atoms with van der Waals surface area (Å²) >= 11 is 5.91. The predicted molar refractivity (Wildman–Crippen MR) is 130 cm³/mol. The Morgan fingerprint density at radius 2 is 1.67 bits per heavy atom. The number of anilines is 1. The molecular formula is C24H30ClN3O4S. The summed E-state index contributed by atoms with van der Waals surface area (Å²) in [6.07, 6.45) is 0.558. The molecule has 2 aromatic rings. The zero-order valence-corrected chi connectivity index (χ0v) is 21.0. The van der Waals surface area contributed by atoms with E-state index in [2.05, 4.69) is 20.8 Å². The third-order valence-electron chi connectivity index (χ3n) is 5.57. The first kappa shape index (κ1) is 25.2. The van der Waals surface area contributed by atoms with Gasteiger partial charge in [0.1, 0.15) is 13.2 Å². The van der Waals surface area contributed by atoms with Gasteiger partial charge in [-0.1, -0.05) is 51.4 Å². The fourth-order valence-corrected chi connectivity index (χ4v) is 5.23. The molecule has 0 radical (unpaired) electrons. The van der Waals surface area contributed by atoms with E-state index in [1.165, 1.54) is 14.1 Å². The maximum Gasteiger partial charge on any atom is 0.248 e. The average molecular weight is 492 g/mol. The van der Waals surface area contributed by atoms with Gasteiger partial charge in [-0.05, 0) is 53.8 Å². The van der Waals surface area contributed by atoms with Crippen molar-refractivity contribution < 1.29 is 18.0 Å². The van der Waals surface area contributed by atoms with Crippen LogP contribution in [0.5, 0.6) is 0 Å². The van der Waals surface area contributed by atoms with Crippen molar-refractivity contribution >= 4 is 39.1 Å². The normalized spacial score (nSPS) is 14.9. The minimum absolute atomic E-state index is 0.0690. The van der Waals surface area contributed by atoms with Crippen molar-refractivity contribution in [3.63, 3.8) is 0 Å². The van der Waals surface area contributed by atoms with Gasteiger partial charge in [-0.25, -0.2) is 8.42 Å². The monoisotopic (exact) mass is 491 g/mol. The topological polar surface area (TPSA) is 78.0 Å². The second-order valence-electron chi connectivity index (χ2n) is 9.14. The van der Waals surface area contributed by atoms with Crippen molar-refractivity contribution in [1.82, 2.24) is 9.21 Å². The molecule has 2 amide bonds. The number of carbonyl (C=O) groups excluding carboxylic acids is 2. The zero-order chi connectivity index (χ0) is 24.4. The van der Waals surface area contributed by atoms with E-state index in [0.717, 1.165) is 5.56 Å². The highest BCUT2D eigenvalue weighted by molar-refractivity contribution is 7.89.